The summed E-state index contributed by atoms with van der Waals surface area (Å²) in [5.41, 5.74) is 0.624. The fourth-order valence-electron chi connectivity index (χ4n) is 3.49. The standard InChI is InChI=1S/C25H20FNO6/c1-30-19-12-15(13-20(31-2)23(19)32-3)21-22(28)17-6-4-5-7-18(17)33-25(21)27-24(29)14-8-10-16(26)11-9-14/h4-13H,1-3H3,(H,27,29). The van der Waals surface area contributed by atoms with Gasteiger partial charge in [0.1, 0.15) is 11.4 Å². The van der Waals surface area contributed by atoms with Gasteiger partial charge in [-0.25, -0.2) is 4.39 Å². The number of rotatable bonds is 6. The maximum absolute atomic E-state index is 13.5. The maximum atomic E-state index is 13.5. The second-order valence-electron chi connectivity index (χ2n) is 7.01. The molecule has 3 aromatic carbocycles. The first-order valence-electron chi connectivity index (χ1n) is 9.90. The molecule has 0 aliphatic carbocycles. The molecule has 4 aromatic rings. The predicted molar refractivity (Wildman–Crippen MR) is 122 cm³/mol. The second-order valence-corrected chi connectivity index (χ2v) is 7.01. The Morgan fingerprint density at radius 2 is 1.55 bits per heavy atom. The molecule has 4 rings (SSSR count). The zero-order chi connectivity index (χ0) is 23.5. The number of amides is 1. The average Bonchev–Trinajstić information content (AvgIpc) is 2.83. The Kier molecular flexibility index (Phi) is 5.99. The van der Waals surface area contributed by atoms with Crippen molar-refractivity contribution in [2.45, 2.75) is 0 Å². The van der Waals surface area contributed by atoms with Crippen molar-refractivity contribution in [1.82, 2.24) is 0 Å². The molecule has 0 atom stereocenters. The highest BCUT2D eigenvalue weighted by molar-refractivity contribution is 6.06. The molecule has 33 heavy (non-hydrogen) atoms. The lowest BCUT2D eigenvalue weighted by molar-refractivity contribution is 0.102. The topological polar surface area (TPSA) is 87.0 Å². The van der Waals surface area contributed by atoms with Crippen LogP contribution in [0, 0.1) is 5.82 Å². The van der Waals surface area contributed by atoms with E-state index in [9.17, 15) is 14.0 Å². The monoisotopic (exact) mass is 449 g/mol. The zero-order valence-electron chi connectivity index (χ0n) is 18.1. The lowest BCUT2D eigenvalue weighted by Gasteiger charge is -2.16. The number of anilines is 1. The summed E-state index contributed by atoms with van der Waals surface area (Å²) in [5.74, 6) is -0.0948. The van der Waals surface area contributed by atoms with E-state index in [0.717, 1.165) is 0 Å². The lowest BCUT2D eigenvalue weighted by atomic mass is 10.0. The highest BCUT2D eigenvalue weighted by Gasteiger charge is 2.22. The number of hydrogen-bond acceptors (Lipinski definition) is 6. The molecule has 0 unspecified atom stereocenters. The Labute approximate surface area is 188 Å². The fraction of sp³-hybridized carbons (Fsp3) is 0.120. The summed E-state index contributed by atoms with van der Waals surface area (Å²) < 4.78 is 35.4. The van der Waals surface area contributed by atoms with Gasteiger partial charge in [-0.2, -0.15) is 0 Å². The van der Waals surface area contributed by atoms with Crippen molar-refractivity contribution >= 4 is 22.8 Å². The number of fused-ring (bicyclic) bond motifs is 1. The molecule has 1 heterocycles. The molecule has 1 N–H and O–H groups in total. The van der Waals surface area contributed by atoms with Crippen LogP contribution in [-0.4, -0.2) is 27.2 Å². The Bertz CT molecular complexity index is 1370. The number of ether oxygens (including phenoxy) is 3. The molecule has 0 fully saturated rings. The zero-order valence-corrected chi connectivity index (χ0v) is 18.1. The molecular weight excluding hydrogens is 429 g/mol. The van der Waals surface area contributed by atoms with E-state index >= 15 is 0 Å². The third kappa shape index (κ3) is 4.10. The van der Waals surface area contributed by atoms with E-state index in [1.54, 1.807) is 36.4 Å². The van der Waals surface area contributed by atoms with Gasteiger partial charge in [-0.15, -0.1) is 0 Å². The minimum Gasteiger partial charge on any atom is -0.493 e. The van der Waals surface area contributed by atoms with Gasteiger partial charge in [-0.1, -0.05) is 12.1 Å². The van der Waals surface area contributed by atoms with Gasteiger partial charge in [0.25, 0.3) is 5.91 Å². The van der Waals surface area contributed by atoms with Gasteiger partial charge in [-0.3, -0.25) is 14.9 Å². The van der Waals surface area contributed by atoms with Crippen molar-refractivity contribution in [1.29, 1.82) is 0 Å². The number of carbonyl (C=O) groups is 1. The maximum Gasteiger partial charge on any atom is 0.257 e. The van der Waals surface area contributed by atoms with Crippen LogP contribution in [0.4, 0.5) is 10.3 Å². The number of para-hydroxylation sites is 1. The summed E-state index contributed by atoms with van der Waals surface area (Å²) in [6.45, 7) is 0. The lowest BCUT2D eigenvalue weighted by Crippen LogP contribution is -2.16. The molecular formula is C25H20FNO6. The van der Waals surface area contributed by atoms with Crippen molar-refractivity contribution in [2.75, 3.05) is 26.6 Å². The van der Waals surface area contributed by atoms with Gasteiger partial charge >= 0.3 is 0 Å². The fourth-order valence-corrected chi connectivity index (χ4v) is 3.49. The molecule has 0 saturated heterocycles. The second kappa shape index (κ2) is 9.04. The van der Waals surface area contributed by atoms with Gasteiger partial charge in [0.15, 0.2) is 11.5 Å². The van der Waals surface area contributed by atoms with Crippen LogP contribution >= 0.6 is 0 Å². The van der Waals surface area contributed by atoms with Gasteiger partial charge in [0.2, 0.25) is 17.1 Å². The molecule has 168 valence electrons. The van der Waals surface area contributed by atoms with Gasteiger partial charge in [0, 0.05) is 5.56 Å². The number of nitrogens with one attached hydrogen (secondary N) is 1. The molecule has 7 nitrogen and oxygen atoms in total. The molecule has 0 saturated carbocycles. The van der Waals surface area contributed by atoms with E-state index in [1.165, 1.54) is 45.6 Å². The SMILES string of the molecule is COc1cc(-c2c(NC(=O)c3ccc(F)cc3)oc3ccccc3c2=O)cc(OC)c1OC. The van der Waals surface area contributed by atoms with E-state index < -0.39 is 11.7 Å². The van der Waals surface area contributed by atoms with Crippen LogP contribution in [-0.2, 0) is 0 Å². The first-order chi connectivity index (χ1) is 16.0. The van der Waals surface area contributed by atoms with E-state index in [0.29, 0.717) is 33.8 Å². The number of methoxy groups -OCH3 is 3. The minimum atomic E-state index is -0.567. The summed E-state index contributed by atoms with van der Waals surface area (Å²) in [6, 6.07) is 14.9. The quantitative estimate of drug-likeness (QED) is 0.452. The Morgan fingerprint density at radius 3 is 2.15 bits per heavy atom. The van der Waals surface area contributed by atoms with E-state index in [4.69, 9.17) is 18.6 Å². The molecule has 0 aliphatic heterocycles. The Hall–Kier alpha value is -4.33. The minimum absolute atomic E-state index is 0.0673. The molecule has 0 radical (unpaired) electrons. The van der Waals surface area contributed by atoms with Crippen LogP contribution in [0.3, 0.4) is 0 Å². The molecule has 1 aromatic heterocycles. The van der Waals surface area contributed by atoms with E-state index in [-0.39, 0.29) is 22.4 Å². The third-order valence-electron chi connectivity index (χ3n) is 5.08. The summed E-state index contributed by atoms with van der Waals surface area (Å²) in [7, 11) is 4.39. The largest absolute Gasteiger partial charge is 0.493 e. The van der Waals surface area contributed by atoms with Crippen LogP contribution in [0.2, 0.25) is 0 Å². The first-order valence-corrected chi connectivity index (χ1v) is 9.90. The van der Waals surface area contributed by atoms with Gasteiger partial charge in [-0.05, 0) is 54.1 Å². The van der Waals surface area contributed by atoms with Crippen LogP contribution in [0.25, 0.3) is 22.1 Å². The van der Waals surface area contributed by atoms with Crippen molar-refractivity contribution in [3.05, 3.63) is 82.3 Å². The summed E-state index contributed by atoms with van der Waals surface area (Å²) in [5, 5.41) is 2.97. The van der Waals surface area contributed by atoms with Crippen LogP contribution in [0.5, 0.6) is 17.2 Å². The van der Waals surface area contributed by atoms with Crippen molar-refractivity contribution in [2.24, 2.45) is 0 Å². The van der Waals surface area contributed by atoms with E-state index in [1.807, 2.05) is 0 Å². The van der Waals surface area contributed by atoms with Crippen molar-refractivity contribution < 1.29 is 27.8 Å². The summed E-state index contributed by atoms with van der Waals surface area (Å²) in [4.78, 5) is 26.3. The summed E-state index contributed by atoms with van der Waals surface area (Å²) >= 11 is 0. The molecule has 8 heteroatoms. The number of halogens is 1. The number of benzene rings is 3. The van der Waals surface area contributed by atoms with Gasteiger partial charge in [0.05, 0.1) is 32.3 Å². The van der Waals surface area contributed by atoms with Crippen molar-refractivity contribution in [3.63, 3.8) is 0 Å². The van der Waals surface area contributed by atoms with Crippen LogP contribution < -0.4 is 25.0 Å². The smallest absolute Gasteiger partial charge is 0.257 e. The highest BCUT2D eigenvalue weighted by atomic mass is 19.1. The number of carbonyl (C=O) groups excluding carboxylic acids is 1. The Morgan fingerprint density at radius 1 is 0.909 bits per heavy atom. The molecule has 0 aliphatic rings. The molecule has 0 spiro atoms. The third-order valence-corrected chi connectivity index (χ3v) is 5.08. The molecule has 1 amide bonds. The predicted octanol–water partition coefficient (Wildman–Crippen LogP) is 4.88. The van der Waals surface area contributed by atoms with E-state index in [2.05, 4.69) is 5.32 Å². The highest BCUT2D eigenvalue weighted by Crippen LogP contribution is 2.42. The number of hydrogen-bond donors (Lipinski definition) is 1. The Balaban J connectivity index is 1.94. The normalized spacial score (nSPS) is 10.7. The average molecular weight is 449 g/mol. The first kappa shape index (κ1) is 21.9. The summed E-state index contributed by atoms with van der Waals surface area (Å²) in [6.07, 6.45) is 0. The van der Waals surface area contributed by atoms with Crippen molar-refractivity contribution in [3.8, 4) is 28.4 Å². The van der Waals surface area contributed by atoms with Crippen LogP contribution in [0.15, 0.2) is 69.9 Å². The van der Waals surface area contributed by atoms with Crippen LogP contribution in [0.1, 0.15) is 10.4 Å². The van der Waals surface area contributed by atoms with Gasteiger partial charge < -0.3 is 18.6 Å². The molecule has 0 bridgehead atoms.